The van der Waals surface area contributed by atoms with Gasteiger partial charge in [-0.25, -0.2) is 8.42 Å². The lowest BCUT2D eigenvalue weighted by molar-refractivity contribution is 0.171. The summed E-state index contributed by atoms with van der Waals surface area (Å²) in [4.78, 5) is 4.55. The first-order valence-corrected chi connectivity index (χ1v) is 12.5. The van der Waals surface area contributed by atoms with Gasteiger partial charge in [0.15, 0.2) is 11.5 Å². The van der Waals surface area contributed by atoms with Crippen molar-refractivity contribution < 1.29 is 22.3 Å². The van der Waals surface area contributed by atoms with Gasteiger partial charge in [0.05, 0.1) is 4.90 Å². The molecule has 32 heavy (non-hydrogen) atoms. The maximum atomic E-state index is 13.6. The van der Waals surface area contributed by atoms with Crippen LogP contribution in [0, 0.1) is 6.92 Å². The molecule has 8 heteroatoms. The second kappa shape index (κ2) is 8.50. The summed E-state index contributed by atoms with van der Waals surface area (Å²) in [7, 11) is -3.95. The molecule has 1 N–H and O–H groups in total. The molecule has 0 bridgehead atoms. The van der Waals surface area contributed by atoms with Crippen LogP contribution in [-0.4, -0.2) is 32.7 Å². The molecule has 1 aliphatic carbocycles. The molecule has 2 heterocycles. The molecule has 0 saturated heterocycles. The van der Waals surface area contributed by atoms with Crippen LogP contribution < -0.4 is 14.8 Å². The first-order chi connectivity index (χ1) is 15.5. The molecule has 0 atom stereocenters. The number of aryl methyl sites for hydroxylation is 1. The van der Waals surface area contributed by atoms with E-state index in [4.69, 9.17) is 13.9 Å². The smallest absolute Gasteiger partial charge is 0.234 e. The minimum Gasteiger partial charge on any atom is -0.486 e. The van der Waals surface area contributed by atoms with E-state index in [1.165, 1.54) is 18.6 Å². The normalized spacial score (nSPS) is 16.7. The van der Waals surface area contributed by atoms with Gasteiger partial charge in [-0.1, -0.05) is 37.0 Å². The highest BCUT2D eigenvalue weighted by molar-refractivity contribution is 7.91. The largest absolute Gasteiger partial charge is 0.486 e. The van der Waals surface area contributed by atoms with Crippen LogP contribution in [0.1, 0.15) is 37.7 Å². The zero-order valence-electron chi connectivity index (χ0n) is 18.0. The van der Waals surface area contributed by atoms with Gasteiger partial charge < -0.3 is 19.2 Å². The van der Waals surface area contributed by atoms with Gasteiger partial charge in [-0.05, 0) is 44.0 Å². The van der Waals surface area contributed by atoms with E-state index in [9.17, 15) is 8.42 Å². The van der Waals surface area contributed by atoms with Crippen molar-refractivity contribution in [3.63, 3.8) is 0 Å². The quantitative estimate of drug-likeness (QED) is 0.580. The fourth-order valence-corrected chi connectivity index (χ4v) is 5.50. The molecule has 0 amide bonds. The number of nitrogens with zero attached hydrogens (tertiary/aromatic N) is 1. The van der Waals surface area contributed by atoms with E-state index in [2.05, 4.69) is 10.3 Å². The van der Waals surface area contributed by atoms with Crippen LogP contribution in [0.5, 0.6) is 11.5 Å². The topological polar surface area (TPSA) is 90.7 Å². The van der Waals surface area contributed by atoms with Crippen molar-refractivity contribution in [1.82, 2.24) is 4.98 Å². The van der Waals surface area contributed by atoms with Crippen molar-refractivity contribution in [2.24, 2.45) is 0 Å². The summed E-state index contributed by atoms with van der Waals surface area (Å²) in [6, 6.07) is 12.5. The van der Waals surface area contributed by atoms with E-state index < -0.39 is 9.84 Å². The van der Waals surface area contributed by atoms with Crippen LogP contribution in [0.4, 0.5) is 5.88 Å². The molecule has 1 aromatic heterocycles. The molecule has 1 saturated carbocycles. The van der Waals surface area contributed by atoms with E-state index >= 15 is 0 Å². The van der Waals surface area contributed by atoms with Gasteiger partial charge in [-0.15, -0.1) is 0 Å². The van der Waals surface area contributed by atoms with E-state index in [1.807, 2.05) is 31.2 Å². The van der Waals surface area contributed by atoms with Gasteiger partial charge in [0.25, 0.3) is 0 Å². The molecule has 1 aliphatic heterocycles. The number of aromatic nitrogens is 1. The first-order valence-electron chi connectivity index (χ1n) is 11.0. The fraction of sp³-hybridized carbons (Fsp3) is 0.375. The standard InChI is InChI=1S/C24H26N2O5S/c1-16-6-5-7-17(14-16)22-26-24(23(31-22)25-18-8-3-2-4-9-18)32(27,28)19-10-11-20-21(15-19)30-13-12-29-20/h5-7,10-11,14-15,18,25H,2-4,8-9,12-13H2,1H3. The average Bonchev–Trinajstić information content (AvgIpc) is 3.24. The Balaban J connectivity index is 1.57. The van der Waals surface area contributed by atoms with Crippen molar-refractivity contribution >= 4 is 15.7 Å². The maximum absolute atomic E-state index is 13.6. The lowest BCUT2D eigenvalue weighted by Crippen LogP contribution is -2.23. The molecular formula is C24H26N2O5S. The molecule has 1 fully saturated rings. The van der Waals surface area contributed by atoms with Gasteiger partial charge in [-0.2, -0.15) is 4.98 Å². The van der Waals surface area contributed by atoms with Crippen LogP contribution in [-0.2, 0) is 9.84 Å². The number of hydrogen-bond acceptors (Lipinski definition) is 7. The van der Waals surface area contributed by atoms with Crippen LogP contribution in [0.2, 0.25) is 0 Å². The number of fused-ring (bicyclic) bond motifs is 1. The van der Waals surface area contributed by atoms with Crippen molar-refractivity contribution in [1.29, 1.82) is 0 Å². The third-order valence-corrected chi connectivity index (χ3v) is 7.54. The Morgan fingerprint density at radius 2 is 1.75 bits per heavy atom. The molecular weight excluding hydrogens is 428 g/mol. The minimum absolute atomic E-state index is 0.0949. The summed E-state index contributed by atoms with van der Waals surface area (Å²) in [6.45, 7) is 2.80. The van der Waals surface area contributed by atoms with Gasteiger partial charge in [0, 0.05) is 17.7 Å². The summed E-state index contributed by atoms with van der Waals surface area (Å²) in [5, 5.41) is 3.23. The number of rotatable bonds is 5. The zero-order valence-corrected chi connectivity index (χ0v) is 18.8. The van der Waals surface area contributed by atoms with Crippen molar-refractivity contribution in [3.05, 3.63) is 48.0 Å². The van der Waals surface area contributed by atoms with E-state index in [1.54, 1.807) is 6.07 Å². The third-order valence-electron chi connectivity index (χ3n) is 5.88. The van der Waals surface area contributed by atoms with Crippen molar-refractivity contribution in [3.8, 4) is 23.0 Å². The molecule has 3 aromatic rings. The van der Waals surface area contributed by atoms with E-state index in [-0.39, 0.29) is 27.7 Å². The number of benzene rings is 2. The Morgan fingerprint density at radius 1 is 0.969 bits per heavy atom. The van der Waals surface area contributed by atoms with Gasteiger partial charge in [0.1, 0.15) is 13.2 Å². The number of sulfone groups is 1. The van der Waals surface area contributed by atoms with E-state index in [0.717, 1.165) is 36.8 Å². The van der Waals surface area contributed by atoms with Crippen LogP contribution in [0.3, 0.4) is 0 Å². The highest BCUT2D eigenvalue weighted by Gasteiger charge is 2.31. The third kappa shape index (κ3) is 4.07. The number of ether oxygens (including phenoxy) is 2. The van der Waals surface area contributed by atoms with Crippen LogP contribution in [0.15, 0.2) is 56.8 Å². The molecule has 0 radical (unpaired) electrons. The Morgan fingerprint density at radius 3 is 2.53 bits per heavy atom. The van der Waals surface area contributed by atoms with Gasteiger partial charge in [0.2, 0.25) is 26.6 Å². The van der Waals surface area contributed by atoms with Crippen LogP contribution in [0.25, 0.3) is 11.5 Å². The predicted octanol–water partition coefficient (Wildman–Crippen LogP) is 5.00. The second-order valence-corrected chi connectivity index (χ2v) is 10.2. The lowest BCUT2D eigenvalue weighted by Gasteiger charge is -2.22. The Hall–Kier alpha value is -3.00. The maximum Gasteiger partial charge on any atom is 0.234 e. The lowest BCUT2D eigenvalue weighted by atomic mass is 9.96. The molecule has 168 valence electrons. The zero-order chi connectivity index (χ0) is 22.1. The Kier molecular flexibility index (Phi) is 5.55. The molecule has 0 spiro atoms. The SMILES string of the molecule is Cc1cccc(-c2nc(S(=O)(=O)c3ccc4c(c3)OCCO4)c(NC3CCCCC3)o2)c1. The first kappa shape index (κ1) is 20.9. The summed E-state index contributed by atoms with van der Waals surface area (Å²) in [5.74, 6) is 1.43. The highest BCUT2D eigenvalue weighted by atomic mass is 32.2. The predicted molar refractivity (Wildman–Crippen MR) is 120 cm³/mol. The average molecular weight is 455 g/mol. The number of oxazole rings is 1. The van der Waals surface area contributed by atoms with Gasteiger partial charge in [-0.3, -0.25) is 0 Å². The highest BCUT2D eigenvalue weighted by Crippen LogP contribution is 2.38. The number of nitrogens with one attached hydrogen (secondary N) is 1. The molecule has 0 unspecified atom stereocenters. The summed E-state index contributed by atoms with van der Waals surface area (Å²) >= 11 is 0. The summed E-state index contributed by atoms with van der Waals surface area (Å²) in [5.41, 5.74) is 1.78. The monoisotopic (exact) mass is 454 g/mol. The van der Waals surface area contributed by atoms with Crippen LogP contribution >= 0.6 is 0 Å². The Labute approximate surface area is 187 Å². The summed E-state index contributed by atoms with van der Waals surface area (Å²) in [6.07, 6.45) is 5.38. The Bertz CT molecular complexity index is 1230. The molecule has 7 nitrogen and oxygen atoms in total. The summed E-state index contributed by atoms with van der Waals surface area (Å²) < 4.78 is 44.4. The second-order valence-electron chi connectivity index (χ2n) is 8.31. The van der Waals surface area contributed by atoms with Gasteiger partial charge >= 0.3 is 0 Å². The number of anilines is 1. The fourth-order valence-electron chi connectivity index (χ4n) is 4.22. The van der Waals surface area contributed by atoms with E-state index in [0.29, 0.717) is 24.7 Å². The van der Waals surface area contributed by atoms with Crippen molar-refractivity contribution in [2.45, 2.75) is 55.0 Å². The van der Waals surface area contributed by atoms with Crippen molar-refractivity contribution in [2.75, 3.05) is 18.5 Å². The minimum atomic E-state index is -3.95. The molecule has 5 rings (SSSR count). The number of hydrogen-bond donors (Lipinski definition) is 1. The molecule has 2 aromatic carbocycles. The molecule has 2 aliphatic rings.